The zero-order chi connectivity index (χ0) is 13.9. The molecule has 0 radical (unpaired) electrons. The third-order valence-corrected chi connectivity index (χ3v) is 3.97. The Bertz CT molecular complexity index is 564. The van der Waals surface area contributed by atoms with Crippen molar-refractivity contribution >= 4 is 5.95 Å². The molecule has 2 heterocycles. The fourth-order valence-electron chi connectivity index (χ4n) is 2.84. The van der Waals surface area contributed by atoms with Crippen molar-refractivity contribution in [2.75, 3.05) is 5.32 Å². The van der Waals surface area contributed by atoms with E-state index in [0.717, 1.165) is 30.4 Å². The molecule has 2 aromatic rings. The standard InChI is InChI=1S/C14H22N6/c1-11-9-20(8-7-13-18-15-10-19(13)2)14(16-11)17-12-5-3-4-6-12/h9-10,12H,3-8H2,1-2H3,(H,16,17). The molecule has 1 aliphatic carbocycles. The molecule has 0 atom stereocenters. The molecule has 0 spiro atoms. The number of aromatic nitrogens is 5. The molecule has 20 heavy (non-hydrogen) atoms. The van der Waals surface area contributed by atoms with E-state index in [2.05, 4.69) is 31.3 Å². The molecule has 1 fully saturated rings. The van der Waals surface area contributed by atoms with Crippen LogP contribution in [0.1, 0.15) is 37.2 Å². The Balaban J connectivity index is 1.67. The molecule has 3 rings (SSSR count). The van der Waals surface area contributed by atoms with Gasteiger partial charge < -0.3 is 14.5 Å². The van der Waals surface area contributed by atoms with Gasteiger partial charge >= 0.3 is 0 Å². The molecule has 0 saturated heterocycles. The Morgan fingerprint density at radius 3 is 2.85 bits per heavy atom. The highest BCUT2D eigenvalue weighted by Gasteiger charge is 2.17. The first-order chi connectivity index (χ1) is 9.72. The summed E-state index contributed by atoms with van der Waals surface area (Å²) in [5.74, 6) is 2.00. The molecule has 0 amide bonds. The zero-order valence-corrected chi connectivity index (χ0v) is 12.2. The lowest BCUT2D eigenvalue weighted by Gasteiger charge is -2.14. The molecule has 6 heteroatoms. The second-order valence-electron chi connectivity index (χ2n) is 5.63. The van der Waals surface area contributed by atoms with E-state index in [9.17, 15) is 0 Å². The van der Waals surface area contributed by atoms with Crippen molar-refractivity contribution in [3.63, 3.8) is 0 Å². The smallest absolute Gasteiger partial charge is 0.203 e. The number of imidazole rings is 1. The molecular formula is C14H22N6. The quantitative estimate of drug-likeness (QED) is 0.905. The third kappa shape index (κ3) is 2.84. The Morgan fingerprint density at radius 2 is 2.15 bits per heavy atom. The summed E-state index contributed by atoms with van der Waals surface area (Å²) >= 11 is 0. The van der Waals surface area contributed by atoms with Gasteiger partial charge in [-0.05, 0) is 19.8 Å². The molecule has 1 saturated carbocycles. The van der Waals surface area contributed by atoms with Crippen molar-refractivity contribution in [3.05, 3.63) is 24.0 Å². The first kappa shape index (κ1) is 13.1. The number of aryl methyl sites for hydroxylation is 4. The minimum atomic E-state index is 0.588. The van der Waals surface area contributed by atoms with Gasteiger partial charge in [-0.3, -0.25) is 0 Å². The lowest BCUT2D eigenvalue weighted by molar-refractivity contribution is 0.640. The summed E-state index contributed by atoms with van der Waals surface area (Å²) in [5.41, 5.74) is 1.06. The summed E-state index contributed by atoms with van der Waals surface area (Å²) < 4.78 is 4.16. The van der Waals surface area contributed by atoms with E-state index in [1.807, 2.05) is 18.5 Å². The Hall–Kier alpha value is -1.85. The van der Waals surface area contributed by atoms with Gasteiger partial charge in [-0.25, -0.2) is 4.98 Å². The van der Waals surface area contributed by atoms with Gasteiger partial charge in [0.2, 0.25) is 5.95 Å². The molecule has 2 aromatic heterocycles. The monoisotopic (exact) mass is 274 g/mol. The number of anilines is 1. The van der Waals surface area contributed by atoms with E-state index in [1.165, 1.54) is 25.7 Å². The molecule has 0 bridgehead atoms. The van der Waals surface area contributed by atoms with Crippen molar-refractivity contribution in [1.29, 1.82) is 0 Å². The Kier molecular flexibility index (Phi) is 3.71. The van der Waals surface area contributed by atoms with E-state index in [4.69, 9.17) is 0 Å². The third-order valence-electron chi connectivity index (χ3n) is 3.97. The minimum absolute atomic E-state index is 0.588. The van der Waals surface area contributed by atoms with Gasteiger partial charge in [-0.15, -0.1) is 10.2 Å². The van der Waals surface area contributed by atoms with Crippen molar-refractivity contribution in [2.24, 2.45) is 7.05 Å². The fraction of sp³-hybridized carbons (Fsp3) is 0.643. The van der Waals surface area contributed by atoms with Crippen LogP contribution in [0.4, 0.5) is 5.95 Å². The lowest BCUT2D eigenvalue weighted by atomic mass is 10.2. The molecule has 0 aromatic carbocycles. The maximum absolute atomic E-state index is 4.61. The molecular weight excluding hydrogens is 252 g/mol. The molecule has 1 N–H and O–H groups in total. The van der Waals surface area contributed by atoms with E-state index in [0.29, 0.717) is 6.04 Å². The second-order valence-corrected chi connectivity index (χ2v) is 5.63. The van der Waals surface area contributed by atoms with Crippen LogP contribution in [0.2, 0.25) is 0 Å². The van der Waals surface area contributed by atoms with Crippen LogP contribution in [-0.4, -0.2) is 30.4 Å². The van der Waals surface area contributed by atoms with Gasteiger partial charge in [0.15, 0.2) is 0 Å². The van der Waals surface area contributed by atoms with Gasteiger partial charge in [0.05, 0.1) is 5.69 Å². The first-order valence-electron chi connectivity index (χ1n) is 7.35. The van der Waals surface area contributed by atoms with Gasteiger partial charge in [0.25, 0.3) is 0 Å². The normalized spacial score (nSPS) is 15.9. The van der Waals surface area contributed by atoms with Crippen LogP contribution in [0.25, 0.3) is 0 Å². The number of nitrogens with one attached hydrogen (secondary N) is 1. The summed E-state index contributed by atoms with van der Waals surface area (Å²) in [6, 6.07) is 0.588. The van der Waals surface area contributed by atoms with Crippen LogP contribution in [0.3, 0.4) is 0 Å². The Labute approximate surface area is 119 Å². The van der Waals surface area contributed by atoms with Gasteiger partial charge in [0.1, 0.15) is 12.2 Å². The minimum Gasteiger partial charge on any atom is -0.353 e. The summed E-state index contributed by atoms with van der Waals surface area (Å²) in [6.45, 7) is 2.92. The predicted octanol–water partition coefficient (Wildman–Crippen LogP) is 1.92. The van der Waals surface area contributed by atoms with Gasteiger partial charge in [-0.1, -0.05) is 12.8 Å². The molecule has 1 aliphatic rings. The van der Waals surface area contributed by atoms with E-state index in [-0.39, 0.29) is 0 Å². The highest BCUT2D eigenvalue weighted by Crippen LogP contribution is 2.22. The predicted molar refractivity (Wildman–Crippen MR) is 77.5 cm³/mol. The molecule has 0 unspecified atom stereocenters. The van der Waals surface area contributed by atoms with Crippen LogP contribution >= 0.6 is 0 Å². The second kappa shape index (κ2) is 5.64. The summed E-state index contributed by atoms with van der Waals surface area (Å²) in [4.78, 5) is 4.61. The molecule has 0 aliphatic heterocycles. The number of nitrogens with zero attached hydrogens (tertiary/aromatic N) is 5. The summed E-state index contributed by atoms with van der Waals surface area (Å²) in [7, 11) is 1.98. The van der Waals surface area contributed by atoms with Crippen molar-refractivity contribution in [1.82, 2.24) is 24.3 Å². The topological polar surface area (TPSA) is 60.6 Å². The first-order valence-corrected chi connectivity index (χ1v) is 7.35. The molecule has 108 valence electrons. The number of hydrogen-bond donors (Lipinski definition) is 1. The van der Waals surface area contributed by atoms with Crippen LogP contribution < -0.4 is 5.32 Å². The number of rotatable bonds is 5. The maximum Gasteiger partial charge on any atom is 0.203 e. The van der Waals surface area contributed by atoms with Crippen LogP contribution in [0.5, 0.6) is 0 Å². The van der Waals surface area contributed by atoms with E-state index >= 15 is 0 Å². The van der Waals surface area contributed by atoms with Crippen LogP contribution in [0.15, 0.2) is 12.5 Å². The van der Waals surface area contributed by atoms with Crippen molar-refractivity contribution in [2.45, 2.75) is 51.6 Å². The molecule has 6 nitrogen and oxygen atoms in total. The summed E-state index contributed by atoms with van der Waals surface area (Å²) in [6.07, 6.45) is 9.89. The largest absolute Gasteiger partial charge is 0.353 e. The summed E-state index contributed by atoms with van der Waals surface area (Å²) in [5, 5.41) is 11.6. The average molecular weight is 274 g/mol. The van der Waals surface area contributed by atoms with Crippen molar-refractivity contribution in [3.8, 4) is 0 Å². The zero-order valence-electron chi connectivity index (χ0n) is 12.2. The highest BCUT2D eigenvalue weighted by molar-refractivity contribution is 5.30. The van der Waals surface area contributed by atoms with E-state index < -0.39 is 0 Å². The Morgan fingerprint density at radius 1 is 1.35 bits per heavy atom. The highest BCUT2D eigenvalue weighted by atomic mass is 15.3. The van der Waals surface area contributed by atoms with E-state index in [1.54, 1.807) is 6.33 Å². The SMILES string of the molecule is Cc1cn(CCc2nncn2C)c(NC2CCCC2)n1. The lowest BCUT2D eigenvalue weighted by Crippen LogP contribution is -2.18. The van der Waals surface area contributed by atoms with Crippen LogP contribution in [0, 0.1) is 6.92 Å². The van der Waals surface area contributed by atoms with Crippen LogP contribution in [-0.2, 0) is 20.0 Å². The maximum atomic E-state index is 4.61. The fourth-order valence-corrected chi connectivity index (χ4v) is 2.84. The average Bonchev–Trinajstić information content (AvgIpc) is 3.11. The van der Waals surface area contributed by atoms with Crippen molar-refractivity contribution < 1.29 is 0 Å². The number of hydrogen-bond acceptors (Lipinski definition) is 4. The van der Waals surface area contributed by atoms with Gasteiger partial charge in [0, 0.05) is 32.3 Å². The van der Waals surface area contributed by atoms with Gasteiger partial charge in [-0.2, -0.15) is 0 Å².